The summed E-state index contributed by atoms with van der Waals surface area (Å²) >= 11 is 0. The van der Waals surface area contributed by atoms with Gasteiger partial charge in [-0.2, -0.15) is 0 Å². The standard InChI is InChI=1S/C27H35N3O3/c1-19(2)26(31)30-17-23(21-9-11-22(33-4)12-10-21)24(18-30)27(32)29-15-13-28(14-16-29)25-8-6-5-7-20(25)3/h5-12,19,23-24H,13-18H2,1-4H3/t23-,24+/m1/s1. The van der Waals surface area contributed by atoms with Crippen LogP contribution in [0.2, 0.25) is 0 Å². The van der Waals surface area contributed by atoms with Gasteiger partial charge in [0.05, 0.1) is 13.0 Å². The van der Waals surface area contributed by atoms with E-state index in [4.69, 9.17) is 4.74 Å². The first-order valence-electron chi connectivity index (χ1n) is 11.9. The molecule has 0 N–H and O–H groups in total. The van der Waals surface area contributed by atoms with Gasteiger partial charge in [0.15, 0.2) is 0 Å². The molecule has 0 saturated carbocycles. The molecule has 2 aliphatic heterocycles. The summed E-state index contributed by atoms with van der Waals surface area (Å²) in [7, 11) is 1.65. The number of amides is 2. The summed E-state index contributed by atoms with van der Waals surface area (Å²) in [5.74, 6) is 0.786. The molecule has 0 aliphatic carbocycles. The molecule has 33 heavy (non-hydrogen) atoms. The first kappa shape index (κ1) is 23.1. The number of hydrogen-bond acceptors (Lipinski definition) is 4. The highest BCUT2D eigenvalue weighted by atomic mass is 16.5. The fourth-order valence-electron chi connectivity index (χ4n) is 5.11. The first-order valence-corrected chi connectivity index (χ1v) is 11.9. The molecule has 0 spiro atoms. The Balaban J connectivity index is 1.50. The number of piperazine rings is 1. The van der Waals surface area contributed by atoms with E-state index in [1.54, 1.807) is 7.11 Å². The van der Waals surface area contributed by atoms with E-state index in [1.165, 1.54) is 11.3 Å². The normalized spacial score (nSPS) is 20.9. The van der Waals surface area contributed by atoms with Crippen molar-refractivity contribution in [1.82, 2.24) is 9.80 Å². The largest absolute Gasteiger partial charge is 0.497 e. The molecule has 2 aliphatic rings. The highest BCUT2D eigenvalue weighted by molar-refractivity contribution is 5.84. The van der Waals surface area contributed by atoms with Crippen LogP contribution in [0.3, 0.4) is 0 Å². The Hall–Kier alpha value is -3.02. The van der Waals surface area contributed by atoms with Gasteiger partial charge in [0.2, 0.25) is 11.8 Å². The third kappa shape index (κ3) is 4.85. The molecule has 2 saturated heterocycles. The first-order chi connectivity index (χ1) is 15.9. The van der Waals surface area contributed by atoms with Crippen molar-refractivity contribution in [2.45, 2.75) is 26.7 Å². The molecule has 0 aromatic heterocycles. The molecule has 0 radical (unpaired) electrons. The van der Waals surface area contributed by atoms with Crippen molar-refractivity contribution in [3.05, 3.63) is 59.7 Å². The second-order valence-electron chi connectivity index (χ2n) is 9.48. The summed E-state index contributed by atoms with van der Waals surface area (Å²) in [6, 6.07) is 16.3. The van der Waals surface area contributed by atoms with E-state index in [9.17, 15) is 9.59 Å². The number of rotatable bonds is 5. The summed E-state index contributed by atoms with van der Waals surface area (Å²) in [6.45, 7) is 10.1. The number of nitrogens with zero attached hydrogens (tertiary/aromatic N) is 3. The van der Waals surface area contributed by atoms with E-state index in [0.717, 1.165) is 24.4 Å². The van der Waals surface area contributed by atoms with Crippen molar-refractivity contribution in [2.75, 3.05) is 51.3 Å². The maximum Gasteiger partial charge on any atom is 0.228 e. The number of methoxy groups -OCH3 is 1. The number of hydrogen-bond donors (Lipinski definition) is 0. The molecule has 2 amide bonds. The zero-order valence-corrected chi connectivity index (χ0v) is 20.2. The summed E-state index contributed by atoms with van der Waals surface area (Å²) in [5.41, 5.74) is 3.59. The average Bonchev–Trinajstić information content (AvgIpc) is 3.29. The van der Waals surface area contributed by atoms with Gasteiger partial charge in [0, 0.05) is 56.8 Å². The second kappa shape index (κ2) is 9.86. The lowest BCUT2D eigenvalue weighted by molar-refractivity contribution is -0.136. The van der Waals surface area contributed by atoms with Crippen LogP contribution in [0.15, 0.2) is 48.5 Å². The number of para-hydroxylation sites is 1. The predicted molar refractivity (Wildman–Crippen MR) is 131 cm³/mol. The Bertz CT molecular complexity index is 980. The molecule has 2 atom stereocenters. The highest BCUT2D eigenvalue weighted by Crippen LogP contribution is 2.36. The van der Waals surface area contributed by atoms with Crippen LogP contribution in [0.1, 0.15) is 30.9 Å². The van der Waals surface area contributed by atoms with E-state index in [-0.39, 0.29) is 29.6 Å². The molecule has 6 heteroatoms. The summed E-state index contributed by atoms with van der Waals surface area (Å²) in [4.78, 5) is 32.7. The van der Waals surface area contributed by atoms with Gasteiger partial charge in [0.1, 0.15) is 5.75 Å². The van der Waals surface area contributed by atoms with Gasteiger partial charge in [-0.05, 0) is 36.2 Å². The second-order valence-corrected chi connectivity index (χ2v) is 9.48. The fourth-order valence-corrected chi connectivity index (χ4v) is 5.11. The Morgan fingerprint density at radius 2 is 1.58 bits per heavy atom. The molecule has 0 bridgehead atoms. The summed E-state index contributed by atoms with van der Waals surface area (Å²) in [6.07, 6.45) is 0. The van der Waals surface area contributed by atoms with Gasteiger partial charge in [-0.15, -0.1) is 0 Å². The third-order valence-electron chi connectivity index (χ3n) is 7.03. The Morgan fingerprint density at radius 3 is 2.18 bits per heavy atom. The van der Waals surface area contributed by atoms with Crippen molar-refractivity contribution in [3.8, 4) is 5.75 Å². The number of aryl methyl sites for hydroxylation is 1. The Morgan fingerprint density at radius 1 is 0.909 bits per heavy atom. The maximum absolute atomic E-state index is 13.7. The lowest BCUT2D eigenvalue weighted by Gasteiger charge is -2.38. The molecule has 2 aromatic rings. The van der Waals surface area contributed by atoms with Crippen LogP contribution in [0.5, 0.6) is 5.75 Å². The van der Waals surface area contributed by atoms with Crippen LogP contribution < -0.4 is 9.64 Å². The van der Waals surface area contributed by atoms with E-state index < -0.39 is 0 Å². The number of carbonyl (C=O) groups is 2. The Labute approximate surface area is 197 Å². The minimum absolute atomic E-state index is 0.000466. The van der Waals surface area contributed by atoms with E-state index >= 15 is 0 Å². The molecular formula is C27H35N3O3. The van der Waals surface area contributed by atoms with Gasteiger partial charge in [-0.25, -0.2) is 0 Å². The number of benzene rings is 2. The molecule has 2 fully saturated rings. The molecule has 2 heterocycles. The fraction of sp³-hybridized carbons (Fsp3) is 0.481. The maximum atomic E-state index is 13.7. The van der Waals surface area contributed by atoms with Gasteiger partial charge in [-0.1, -0.05) is 44.2 Å². The average molecular weight is 450 g/mol. The van der Waals surface area contributed by atoms with Crippen molar-refractivity contribution < 1.29 is 14.3 Å². The van der Waals surface area contributed by atoms with Crippen LogP contribution >= 0.6 is 0 Å². The van der Waals surface area contributed by atoms with Crippen molar-refractivity contribution in [2.24, 2.45) is 11.8 Å². The topological polar surface area (TPSA) is 53.1 Å². The number of likely N-dealkylation sites (tertiary alicyclic amines) is 1. The van der Waals surface area contributed by atoms with Crippen molar-refractivity contribution >= 4 is 17.5 Å². The highest BCUT2D eigenvalue weighted by Gasteiger charge is 2.42. The summed E-state index contributed by atoms with van der Waals surface area (Å²) in [5, 5.41) is 0. The van der Waals surface area contributed by atoms with Crippen LogP contribution in [0, 0.1) is 18.8 Å². The molecule has 0 unspecified atom stereocenters. The van der Waals surface area contributed by atoms with Crippen molar-refractivity contribution in [3.63, 3.8) is 0 Å². The number of ether oxygens (including phenoxy) is 1. The van der Waals surface area contributed by atoms with E-state index in [2.05, 4.69) is 36.1 Å². The van der Waals surface area contributed by atoms with Crippen LogP contribution in [0.25, 0.3) is 0 Å². The lowest BCUT2D eigenvalue weighted by atomic mass is 9.87. The van der Waals surface area contributed by atoms with Crippen LogP contribution in [-0.4, -0.2) is 68.0 Å². The minimum Gasteiger partial charge on any atom is -0.497 e. The third-order valence-corrected chi connectivity index (χ3v) is 7.03. The Kier molecular flexibility index (Phi) is 6.91. The van der Waals surface area contributed by atoms with Crippen LogP contribution in [-0.2, 0) is 9.59 Å². The zero-order valence-electron chi connectivity index (χ0n) is 20.2. The molecular weight excluding hydrogens is 414 g/mol. The molecule has 2 aromatic carbocycles. The molecule has 6 nitrogen and oxygen atoms in total. The molecule has 4 rings (SSSR count). The smallest absolute Gasteiger partial charge is 0.228 e. The van der Waals surface area contributed by atoms with Crippen molar-refractivity contribution in [1.29, 1.82) is 0 Å². The zero-order chi connectivity index (χ0) is 23.5. The quantitative estimate of drug-likeness (QED) is 0.701. The van der Waals surface area contributed by atoms with E-state index in [0.29, 0.717) is 26.2 Å². The summed E-state index contributed by atoms with van der Waals surface area (Å²) < 4.78 is 5.30. The monoisotopic (exact) mass is 449 g/mol. The van der Waals surface area contributed by atoms with Gasteiger partial charge >= 0.3 is 0 Å². The predicted octanol–water partition coefficient (Wildman–Crippen LogP) is 3.55. The number of carbonyl (C=O) groups excluding carboxylic acids is 2. The van der Waals surface area contributed by atoms with Gasteiger partial charge in [-0.3, -0.25) is 9.59 Å². The van der Waals surface area contributed by atoms with E-state index in [1.807, 2.05) is 47.9 Å². The minimum atomic E-state index is -0.217. The van der Waals surface area contributed by atoms with Crippen LogP contribution in [0.4, 0.5) is 5.69 Å². The number of anilines is 1. The lowest BCUT2D eigenvalue weighted by Crippen LogP contribution is -2.51. The van der Waals surface area contributed by atoms with Gasteiger partial charge < -0.3 is 19.4 Å². The SMILES string of the molecule is COc1ccc([C@H]2CN(C(=O)C(C)C)C[C@@H]2C(=O)N2CCN(c3ccccc3C)CC2)cc1. The van der Waals surface area contributed by atoms with Gasteiger partial charge in [0.25, 0.3) is 0 Å². The molecule has 176 valence electrons.